The number of hydrogen-bond donors (Lipinski definition) is 0. The maximum Gasteiger partial charge on any atom is 0.241 e. The van der Waals surface area contributed by atoms with Gasteiger partial charge in [-0.25, -0.2) is 4.98 Å². The molecule has 1 aliphatic heterocycles. The second-order valence-electron chi connectivity index (χ2n) is 7.01. The summed E-state index contributed by atoms with van der Waals surface area (Å²) in [6.45, 7) is 4.94. The van der Waals surface area contributed by atoms with Crippen LogP contribution in [0.5, 0.6) is 11.6 Å². The Labute approximate surface area is 159 Å². The Balaban J connectivity index is 1.43. The van der Waals surface area contributed by atoms with Crippen molar-refractivity contribution >= 4 is 0 Å². The number of ether oxygens (including phenoxy) is 1. The smallest absolute Gasteiger partial charge is 0.241 e. The van der Waals surface area contributed by atoms with Gasteiger partial charge >= 0.3 is 0 Å². The second-order valence-corrected chi connectivity index (χ2v) is 7.01. The van der Waals surface area contributed by atoms with Crippen molar-refractivity contribution in [2.24, 2.45) is 7.05 Å². The van der Waals surface area contributed by atoms with Crippen molar-refractivity contribution in [2.75, 3.05) is 13.1 Å². The van der Waals surface area contributed by atoms with Crippen LogP contribution in [0.25, 0.3) is 0 Å². The molecule has 0 aliphatic carbocycles. The minimum atomic E-state index is 0.357. The van der Waals surface area contributed by atoms with Gasteiger partial charge in [0, 0.05) is 49.9 Å². The number of aromatic nitrogens is 5. The van der Waals surface area contributed by atoms with E-state index in [1.807, 2.05) is 37.0 Å². The molecule has 0 spiro atoms. The summed E-state index contributed by atoms with van der Waals surface area (Å²) in [5.41, 5.74) is 3.05. The van der Waals surface area contributed by atoms with Crippen molar-refractivity contribution in [1.82, 2.24) is 29.6 Å². The van der Waals surface area contributed by atoms with Crippen molar-refractivity contribution in [3.8, 4) is 11.6 Å². The summed E-state index contributed by atoms with van der Waals surface area (Å²) >= 11 is 0. The summed E-state index contributed by atoms with van der Waals surface area (Å²) < 4.78 is 7.91. The highest BCUT2D eigenvalue weighted by Crippen LogP contribution is 2.34. The van der Waals surface area contributed by atoms with Crippen molar-refractivity contribution < 1.29 is 4.74 Å². The Morgan fingerprint density at radius 1 is 1.11 bits per heavy atom. The van der Waals surface area contributed by atoms with E-state index in [4.69, 9.17) is 4.74 Å². The monoisotopic (exact) mass is 364 g/mol. The maximum absolute atomic E-state index is 6.06. The molecule has 0 aromatic carbocycles. The number of hydrogen-bond acceptors (Lipinski definition) is 6. The summed E-state index contributed by atoms with van der Waals surface area (Å²) in [6.07, 6.45) is 11.3. The number of piperidine rings is 1. The largest absolute Gasteiger partial charge is 0.435 e. The average molecular weight is 364 g/mol. The Kier molecular flexibility index (Phi) is 5.11. The predicted octanol–water partition coefficient (Wildman–Crippen LogP) is 3.09. The molecule has 0 unspecified atom stereocenters. The van der Waals surface area contributed by atoms with Gasteiger partial charge in [0.25, 0.3) is 0 Å². The fourth-order valence-corrected chi connectivity index (χ4v) is 3.55. The number of aryl methyl sites for hydroxylation is 2. The van der Waals surface area contributed by atoms with E-state index in [0.717, 1.165) is 49.6 Å². The topological polar surface area (TPSA) is 69.0 Å². The van der Waals surface area contributed by atoms with Crippen molar-refractivity contribution in [3.63, 3.8) is 0 Å². The highest BCUT2D eigenvalue weighted by molar-refractivity contribution is 5.33. The standard InChI is InChI=1S/C20H24N6O/c1-15-18(4-3-7-21-15)27-20-19(22-8-9-23-20)17-5-10-26(11-6-17)14-16-12-24-25(2)13-16/h3-4,7-9,12-13,17H,5-6,10-11,14H2,1-2H3. The van der Waals surface area contributed by atoms with Crippen LogP contribution < -0.4 is 4.74 Å². The molecule has 1 fully saturated rings. The van der Waals surface area contributed by atoms with Gasteiger partial charge in [0.05, 0.1) is 11.9 Å². The molecule has 0 amide bonds. The predicted molar refractivity (Wildman–Crippen MR) is 102 cm³/mol. The Morgan fingerprint density at radius 2 is 1.93 bits per heavy atom. The van der Waals surface area contributed by atoms with Crippen LogP contribution in [0.1, 0.15) is 35.7 Å². The summed E-state index contributed by atoms with van der Waals surface area (Å²) in [4.78, 5) is 15.8. The molecular formula is C20H24N6O. The van der Waals surface area contributed by atoms with E-state index in [0.29, 0.717) is 11.8 Å². The zero-order chi connectivity index (χ0) is 18.6. The molecule has 0 N–H and O–H groups in total. The van der Waals surface area contributed by atoms with Crippen LogP contribution in [0.4, 0.5) is 0 Å². The van der Waals surface area contributed by atoms with Gasteiger partial charge in [-0.15, -0.1) is 0 Å². The van der Waals surface area contributed by atoms with Gasteiger partial charge in [-0.1, -0.05) is 0 Å². The van der Waals surface area contributed by atoms with E-state index >= 15 is 0 Å². The van der Waals surface area contributed by atoms with Gasteiger partial charge in [-0.3, -0.25) is 19.5 Å². The van der Waals surface area contributed by atoms with Gasteiger partial charge in [0.15, 0.2) is 5.75 Å². The first-order chi connectivity index (χ1) is 13.2. The molecule has 1 saturated heterocycles. The molecule has 1 aliphatic rings. The molecule has 27 heavy (non-hydrogen) atoms. The molecule has 140 valence electrons. The van der Waals surface area contributed by atoms with Gasteiger partial charge in [-0.05, 0) is 45.0 Å². The summed E-state index contributed by atoms with van der Waals surface area (Å²) in [5, 5.41) is 4.25. The SMILES string of the molecule is Cc1ncccc1Oc1nccnc1C1CCN(Cc2cnn(C)c2)CC1. The van der Waals surface area contributed by atoms with E-state index in [2.05, 4.69) is 31.1 Å². The molecular weight excluding hydrogens is 340 g/mol. The molecule has 0 radical (unpaired) electrons. The molecule has 4 rings (SSSR count). The Morgan fingerprint density at radius 3 is 2.67 bits per heavy atom. The van der Waals surface area contributed by atoms with Crippen molar-refractivity contribution in [2.45, 2.75) is 32.2 Å². The van der Waals surface area contributed by atoms with Crippen molar-refractivity contribution in [3.05, 3.63) is 60.1 Å². The fraction of sp³-hybridized carbons (Fsp3) is 0.400. The zero-order valence-electron chi connectivity index (χ0n) is 15.7. The summed E-state index contributed by atoms with van der Waals surface area (Å²) in [5.74, 6) is 1.68. The lowest BCUT2D eigenvalue weighted by Crippen LogP contribution is -2.32. The van der Waals surface area contributed by atoms with E-state index in [1.165, 1.54) is 5.56 Å². The third-order valence-electron chi connectivity index (χ3n) is 5.00. The molecule has 3 aromatic heterocycles. The quantitative estimate of drug-likeness (QED) is 0.693. The first-order valence-electron chi connectivity index (χ1n) is 9.29. The van der Waals surface area contributed by atoms with E-state index in [1.54, 1.807) is 18.6 Å². The highest BCUT2D eigenvalue weighted by atomic mass is 16.5. The molecule has 7 nitrogen and oxygen atoms in total. The summed E-state index contributed by atoms with van der Waals surface area (Å²) in [7, 11) is 1.95. The van der Waals surface area contributed by atoms with Gasteiger partial charge in [0.2, 0.25) is 5.88 Å². The molecule has 7 heteroatoms. The Hall–Kier alpha value is -2.80. The first-order valence-corrected chi connectivity index (χ1v) is 9.29. The lowest BCUT2D eigenvalue weighted by molar-refractivity contribution is 0.201. The first kappa shape index (κ1) is 17.6. The molecule has 0 bridgehead atoms. The number of pyridine rings is 1. The van der Waals surface area contributed by atoms with Crippen LogP contribution in [-0.2, 0) is 13.6 Å². The lowest BCUT2D eigenvalue weighted by Gasteiger charge is -2.31. The summed E-state index contributed by atoms with van der Waals surface area (Å²) in [6, 6.07) is 3.78. The zero-order valence-corrected chi connectivity index (χ0v) is 15.7. The third-order valence-corrected chi connectivity index (χ3v) is 5.00. The van der Waals surface area contributed by atoms with Crippen molar-refractivity contribution in [1.29, 1.82) is 0 Å². The number of rotatable bonds is 5. The van der Waals surface area contributed by atoms with Crippen LogP contribution in [0.3, 0.4) is 0 Å². The van der Waals surface area contributed by atoms with Gasteiger partial charge < -0.3 is 4.74 Å². The molecule has 0 saturated carbocycles. The minimum absolute atomic E-state index is 0.357. The molecule has 3 aromatic rings. The number of nitrogens with zero attached hydrogens (tertiary/aromatic N) is 6. The van der Waals surface area contributed by atoms with Gasteiger partial charge in [-0.2, -0.15) is 5.10 Å². The average Bonchev–Trinajstić information content (AvgIpc) is 3.09. The number of likely N-dealkylation sites (tertiary alicyclic amines) is 1. The van der Waals surface area contributed by atoms with Crippen LogP contribution >= 0.6 is 0 Å². The fourth-order valence-electron chi connectivity index (χ4n) is 3.55. The second kappa shape index (κ2) is 7.84. The van der Waals surface area contributed by atoms with Crippen LogP contribution in [0.2, 0.25) is 0 Å². The third kappa shape index (κ3) is 4.14. The van der Waals surface area contributed by atoms with E-state index < -0.39 is 0 Å². The van der Waals surface area contributed by atoms with E-state index in [9.17, 15) is 0 Å². The molecule has 4 heterocycles. The van der Waals surface area contributed by atoms with Crippen LogP contribution in [-0.4, -0.2) is 42.7 Å². The normalized spacial score (nSPS) is 15.8. The van der Waals surface area contributed by atoms with E-state index in [-0.39, 0.29) is 0 Å². The molecule has 0 atom stereocenters. The van der Waals surface area contributed by atoms with Crippen LogP contribution in [0.15, 0.2) is 43.1 Å². The highest BCUT2D eigenvalue weighted by Gasteiger charge is 2.25. The lowest BCUT2D eigenvalue weighted by atomic mass is 9.93. The van der Waals surface area contributed by atoms with Gasteiger partial charge in [0.1, 0.15) is 5.69 Å². The minimum Gasteiger partial charge on any atom is -0.435 e. The van der Waals surface area contributed by atoms with Crippen LogP contribution in [0, 0.1) is 6.92 Å². The maximum atomic E-state index is 6.06. The Bertz CT molecular complexity index is 901.